The Balaban J connectivity index is 1.68. The number of hydrogen-bond acceptors (Lipinski definition) is 2. The number of hydrogen-bond donors (Lipinski definition) is 1. The summed E-state index contributed by atoms with van der Waals surface area (Å²) in [6, 6.07) is 15.4. The highest BCUT2D eigenvalue weighted by molar-refractivity contribution is 7.99. The maximum absolute atomic E-state index is 13.9. The van der Waals surface area contributed by atoms with E-state index in [1.165, 1.54) is 23.1 Å². The zero-order valence-electron chi connectivity index (χ0n) is 13.6. The van der Waals surface area contributed by atoms with Crippen molar-refractivity contribution in [3.63, 3.8) is 0 Å². The summed E-state index contributed by atoms with van der Waals surface area (Å²) in [4.78, 5) is 4.85. The summed E-state index contributed by atoms with van der Waals surface area (Å²) in [6.07, 6.45) is 3.30. The molecule has 0 aromatic heterocycles. The second kappa shape index (κ2) is 6.60. The average molecular weight is 340 g/mol. The summed E-state index contributed by atoms with van der Waals surface area (Å²) in [6.45, 7) is 0.395. The Hall–Kier alpha value is -1.81. The number of nitrogens with zero attached hydrogens (tertiary/aromatic N) is 1. The van der Waals surface area contributed by atoms with Crippen molar-refractivity contribution in [3.8, 4) is 0 Å². The van der Waals surface area contributed by atoms with Crippen molar-refractivity contribution in [2.24, 2.45) is 10.4 Å². The monoisotopic (exact) mass is 340 g/mol. The fourth-order valence-electron chi connectivity index (χ4n) is 3.68. The van der Waals surface area contributed by atoms with Gasteiger partial charge in [0.25, 0.3) is 0 Å². The van der Waals surface area contributed by atoms with Gasteiger partial charge in [0.1, 0.15) is 11.7 Å². The molecule has 2 aliphatic heterocycles. The van der Waals surface area contributed by atoms with Crippen LogP contribution in [0.1, 0.15) is 24.0 Å². The molecule has 0 saturated carbocycles. The van der Waals surface area contributed by atoms with E-state index in [0.29, 0.717) is 12.1 Å². The van der Waals surface area contributed by atoms with Crippen LogP contribution in [0.3, 0.4) is 0 Å². The molecule has 0 atom stereocenters. The van der Waals surface area contributed by atoms with Crippen molar-refractivity contribution < 1.29 is 4.39 Å². The molecule has 0 unspecified atom stereocenters. The van der Waals surface area contributed by atoms with Gasteiger partial charge in [0.15, 0.2) is 0 Å². The zero-order chi connectivity index (χ0) is 16.4. The van der Waals surface area contributed by atoms with E-state index in [0.717, 1.165) is 30.8 Å². The fraction of sp³-hybridized carbons (Fsp3) is 0.350. The third kappa shape index (κ3) is 2.95. The lowest BCUT2D eigenvalue weighted by Crippen LogP contribution is -2.44. The van der Waals surface area contributed by atoms with Gasteiger partial charge in [-0.2, -0.15) is 11.8 Å². The lowest BCUT2D eigenvalue weighted by molar-refractivity contribution is 0.377. The van der Waals surface area contributed by atoms with E-state index in [4.69, 9.17) is 4.99 Å². The second-order valence-corrected chi connectivity index (χ2v) is 7.83. The number of halogens is 1. The minimum absolute atomic E-state index is 0.0882. The molecule has 2 aromatic rings. The molecule has 4 heteroatoms. The molecule has 0 bridgehead atoms. The molecule has 124 valence electrons. The van der Waals surface area contributed by atoms with Crippen LogP contribution in [0.25, 0.3) is 0 Å². The van der Waals surface area contributed by atoms with Crippen LogP contribution in [0.4, 0.5) is 10.1 Å². The van der Waals surface area contributed by atoms with Crippen molar-refractivity contribution in [3.05, 3.63) is 65.5 Å². The summed E-state index contributed by atoms with van der Waals surface area (Å²) < 4.78 is 13.9. The lowest BCUT2D eigenvalue weighted by atomic mass is 9.73. The molecule has 24 heavy (non-hydrogen) atoms. The van der Waals surface area contributed by atoms with Crippen molar-refractivity contribution in [2.45, 2.75) is 25.8 Å². The first-order valence-corrected chi connectivity index (χ1v) is 9.63. The van der Waals surface area contributed by atoms with Crippen LogP contribution in [0.15, 0.2) is 53.5 Å². The molecule has 0 aliphatic carbocycles. The number of amidine groups is 1. The van der Waals surface area contributed by atoms with Crippen LogP contribution in [-0.2, 0) is 13.0 Å². The Bertz CT molecular complexity index is 766. The maximum atomic E-state index is 13.9. The summed E-state index contributed by atoms with van der Waals surface area (Å²) in [5, 5.41) is 3.57. The summed E-state index contributed by atoms with van der Waals surface area (Å²) >= 11 is 2.02. The summed E-state index contributed by atoms with van der Waals surface area (Å²) in [5.41, 5.74) is 3.26. The van der Waals surface area contributed by atoms with Crippen LogP contribution in [0, 0.1) is 11.2 Å². The number of anilines is 1. The van der Waals surface area contributed by atoms with E-state index >= 15 is 0 Å². The third-order valence-corrected chi connectivity index (χ3v) is 6.10. The van der Waals surface area contributed by atoms with E-state index in [1.54, 1.807) is 6.07 Å². The first-order chi connectivity index (χ1) is 11.8. The smallest absolute Gasteiger partial charge is 0.128 e. The number of rotatable bonds is 2. The van der Waals surface area contributed by atoms with Gasteiger partial charge in [-0.25, -0.2) is 4.39 Å². The molecule has 2 aliphatic rings. The number of thioether (sulfide) groups is 1. The van der Waals surface area contributed by atoms with Crippen LogP contribution in [-0.4, -0.2) is 17.3 Å². The standard InChI is InChI=1S/C20H21FN2S/c21-17-7-3-1-6-16(17)14-22-19-20(9-11-24-12-10-20)13-15-5-2-4-8-18(15)23-19/h1-8H,9-14H2,(H,22,23). The first kappa shape index (κ1) is 15.7. The molecular weight excluding hydrogens is 319 g/mol. The van der Waals surface area contributed by atoms with Gasteiger partial charge in [-0.15, -0.1) is 0 Å². The lowest BCUT2D eigenvalue weighted by Gasteiger charge is -2.42. The predicted molar refractivity (Wildman–Crippen MR) is 100 cm³/mol. The molecule has 1 saturated heterocycles. The third-order valence-electron chi connectivity index (χ3n) is 5.12. The minimum Gasteiger partial charge on any atom is -0.343 e. The number of para-hydroxylation sites is 1. The number of fused-ring (bicyclic) bond motifs is 1. The second-order valence-electron chi connectivity index (χ2n) is 6.61. The van der Waals surface area contributed by atoms with Crippen molar-refractivity contribution in [2.75, 3.05) is 16.8 Å². The highest BCUT2D eigenvalue weighted by Gasteiger charge is 2.41. The van der Waals surface area contributed by atoms with E-state index in [2.05, 4.69) is 29.6 Å². The van der Waals surface area contributed by atoms with Crippen molar-refractivity contribution in [1.29, 1.82) is 0 Å². The first-order valence-electron chi connectivity index (χ1n) is 8.48. The molecule has 1 N–H and O–H groups in total. The summed E-state index contributed by atoms with van der Waals surface area (Å²) in [5.74, 6) is 3.21. The normalized spacial score (nSPS) is 20.6. The van der Waals surface area contributed by atoms with Crippen LogP contribution < -0.4 is 5.32 Å². The summed E-state index contributed by atoms with van der Waals surface area (Å²) in [7, 11) is 0. The van der Waals surface area contributed by atoms with Gasteiger partial charge >= 0.3 is 0 Å². The zero-order valence-corrected chi connectivity index (χ0v) is 14.4. The molecule has 0 radical (unpaired) electrons. The molecule has 1 spiro atoms. The van der Waals surface area contributed by atoms with Gasteiger partial charge in [-0.1, -0.05) is 36.4 Å². The van der Waals surface area contributed by atoms with Gasteiger partial charge in [0.2, 0.25) is 0 Å². The van der Waals surface area contributed by atoms with Crippen LogP contribution in [0.2, 0.25) is 0 Å². The van der Waals surface area contributed by atoms with Crippen LogP contribution in [0.5, 0.6) is 0 Å². The number of benzene rings is 2. The van der Waals surface area contributed by atoms with Crippen molar-refractivity contribution >= 4 is 23.3 Å². The Morgan fingerprint density at radius 1 is 1.04 bits per heavy atom. The van der Waals surface area contributed by atoms with Crippen molar-refractivity contribution in [1.82, 2.24) is 0 Å². The maximum Gasteiger partial charge on any atom is 0.128 e. The predicted octanol–water partition coefficient (Wildman–Crippen LogP) is 4.91. The molecule has 2 heterocycles. The Kier molecular flexibility index (Phi) is 4.31. The van der Waals surface area contributed by atoms with Gasteiger partial charge < -0.3 is 5.32 Å². The Morgan fingerprint density at radius 2 is 1.79 bits per heavy atom. The molecule has 1 fully saturated rings. The van der Waals surface area contributed by atoms with Gasteiger partial charge in [0, 0.05) is 16.7 Å². The number of aliphatic imine (C=N–C) groups is 1. The van der Waals surface area contributed by atoms with E-state index in [1.807, 2.05) is 23.9 Å². The van der Waals surface area contributed by atoms with Gasteiger partial charge in [0.05, 0.1) is 6.54 Å². The molecule has 0 amide bonds. The quantitative estimate of drug-likeness (QED) is 0.840. The largest absolute Gasteiger partial charge is 0.343 e. The van der Waals surface area contributed by atoms with E-state index < -0.39 is 0 Å². The SMILES string of the molecule is Fc1ccccc1CN=C1Nc2ccccc2CC12CCSCC2. The fourth-order valence-corrected chi connectivity index (χ4v) is 4.95. The van der Waals surface area contributed by atoms with Gasteiger partial charge in [-0.05, 0) is 48.5 Å². The molecule has 2 aromatic carbocycles. The molecular formula is C20H21FN2S. The molecule has 2 nitrogen and oxygen atoms in total. The Morgan fingerprint density at radius 3 is 2.62 bits per heavy atom. The van der Waals surface area contributed by atoms with Crippen LogP contribution >= 0.6 is 11.8 Å². The topological polar surface area (TPSA) is 24.4 Å². The number of nitrogens with one attached hydrogen (secondary N) is 1. The van der Waals surface area contributed by atoms with E-state index in [9.17, 15) is 4.39 Å². The Labute approximate surface area is 146 Å². The average Bonchev–Trinajstić information content (AvgIpc) is 2.62. The minimum atomic E-state index is -0.175. The van der Waals surface area contributed by atoms with Gasteiger partial charge in [-0.3, -0.25) is 4.99 Å². The highest BCUT2D eigenvalue weighted by atomic mass is 32.2. The molecule has 4 rings (SSSR count). The highest BCUT2D eigenvalue weighted by Crippen LogP contribution is 2.44. The van der Waals surface area contributed by atoms with E-state index in [-0.39, 0.29) is 11.2 Å².